The molecule has 0 radical (unpaired) electrons. The highest BCUT2D eigenvalue weighted by Gasteiger charge is 2.32. The number of aliphatic hydroxyl groups is 1. The number of Topliss-reactive ketones (excluding diaryl/α,β-unsaturated/α-hetero) is 1. The van der Waals surface area contributed by atoms with Crippen molar-refractivity contribution in [3.8, 4) is 0 Å². The number of pyridine rings is 1. The van der Waals surface area contributed by atoms with Gasteiger partial charge in [0.15, 0.2) is 11.2 Å². The molecule has 0 bridgehead atoms. The standard InChI is InChI=1S/C30H40FN3O6/c1-7-18(2)24-25-26(36)19(3)10-11-34(25)15-22(27(24)37)28(38)32-14-21-9-8-20(12-23(21)31)13-30(4,16-35)17-40-29(39)33(5)6/h8-9,12,15,18-19,35H,7,10-11,13-14,16-17H2,1-6H3,(H,32,38). The molecule has 3 rings (SSSR count). The van der Waals surface area contributed by atoms with Crippen molar-refractivity contribution >= 4 is 17.8 Å². The largest absolute Gasteiger partial charge is 0.449 e. The number of hydrogen-bond acceptors (Lipinski definition) is 6. The van der Waals surface area contributed by atoms with Crippen LogP contribution in [0.5, 0.6) is 0 Å². The van der Waals surface area contributed by atoms with Gasteiger partial charge in [0, 0.05) is 55.8 Å². The number of halogens is 1. The van der Waals surface area contributed by atoms with Gasteiger partial charge in [-0.1, -0.05) is 39.8 Å². The molecule has 1 aromatic carbocycles. The second kappa shape index (κ2) is 12.8. The lowest BCUT2D eigenvalue weighted by molar-refractivity contribution is 0.0384. The number of aliphatic hydroxyl groups excluding tert-OH is 1. The van der Waals surface area contributed by atoms with Crippen molar-refractivity contribution in [2.75, 3.05) is 27.3 Å². The molecule has 0 saturated heterocycles. The van der Waals surface area contributed by atoms with E-state index in [1.54, 1.807) is 37.7 Å². The van der Waals surface area contributed by atoms with E-state index in [-0.39, 0.29) is 54.9 Å². The molecule has 2 N–H and O–H groups in total. The van der Waals surface area contributed by atoms with Gasteiger partial charge in [0.1, 0.15) is 18.0 Å². The number of nitrogens with one attached hydrogen (secondary N) is 1. The quantitative estimate of drug-likeness (QED) is 0.458. The van der Waals surface area contributed by atoms with Crippen LogP contribution in [0, 0.1) is 17.2 Å². The molecule has 2 heterocycles. The third-order valence-corrected chi connectivity index (χ3v) is 7.63. The number of aryl methyl sites for hydroxylation is 1. The minimum atomic E-state index is -0.811. The van der Waals surface area contributed by atoms with Gasteiger partial charge in [0.25, 0.3) is 5.91 Å². The Morgan fingerprint density at radius 2 is 2.00 bits per heavy atom. The van der Waals surface area contributed by atoms with Crippen LogP contribution in [0.2, 0.25) is 0 Å². The fourth-order valence-electron chi connectivity index (χ4n) is 4.78. The van der Waals surface area contributed by atoms with Gasteiger partial charge >= 0.3 is 6.09 Å². The average molecular weight is 558 g/mol. The van der Waals surface area contributed by atoms with Crippen LogP contribution in [0.15, 0.2) is 29.2 Å². The average Bonchev–Trinajstić information content (AvgIpc) is 2.92. The Bertz CT molecular complexity index is 1340. The van der Waals surface area contributed by atoms with Crippen LogP contribution in [0.1, 0.15) is 84.0 Å². The lowest BCUT2D eigenvalue weighted by Crippen LogP contribution is -2.37. The van der Waals surface area contributed by atoms with Gasteiger partial charge in [-0.05, 0) is 36.8 Å². The van der Waals surface area contributed by atoms with Gasteiger partial charge in [-0.3, -0.25) is 14.4 Å². The highest BCUT2D eigenvalue weighted by Crippen LogP contribution is 2.28. The van der Waals surface area contributed by atoms with E-state index in [2.05, 4.69) is 5.32 Å². The summed E-state index contributed by atoms with van der Waals surface area (Å²) in [5.41, 5.74) is 0.239. The molecule has 10 heteroatoms. The van der Waals surface area contributed by atoms with Gasteiger partial charge in [0.2, 0.25) is 0 Å². The van der Waals surface area contributed by atoms with Gasteiger partial charge in [-0.2, -0.15) is 0 Å². The smallest absolute Gasteiger partial charge is 0.409 e. The zero-order valence-corrected chi connectivity index (χ0v) is 24.2. The maximum absolute atomic E-state index is 15.0. The fourth-order valence-corrected chi connectivity index (χ4v) is 4.78. The molecule has 3 atom stereocenters. The SMILES string of the molecule is CCC(C)c1c2n(cc(C(=O)NCc3ccc(CC(C)(CO)COC(=O)N(C)C)cc3F)c1=O)CCC(C)C2=O. The summed E-state index contributed by atoms with van der Waals surface area (Å²) in [5, 5.41) is 12.5. The van der Waals surface area contributed by atoms with E-state index >= 15 is 0 Å². The van der Waals surface area contributed by atoms with E-state index in [1.165, 1.54) is 17.2 Å². The van der Waals surface area contributed by atoms with Gasteiger partial charge in [0.05, 0.1) is 12.3 Å². The molecule has 1 aliphatic rings. The molecule has 0 aliphatic carbocycles. The number of nitrogens with zero attached hydrogens (tertiary/aromatic N) is 2. The van der Waals surface area contributed by atoms with E-state index in [0.717, 1.165) is 0 Å². The van der Waals surface area contributed by atoms with E-state index in [0.29, 0.717) is 36.2 Å². The zero-order chi connectivity index (χ0) is 29.8. The second-order valence-corrected chi connectivity index (χ2v) is 11.4. The molecule has 3 unspecified atom stereocenters. The second-order valence-electron chi connectivity index (χ2n) is 11.4. The van der Waals surface area contributed by atoms with Crippen molar-refractivity contribution in [1.29, 1.82) is 0 Å². The number of aromatic nitrogens is 1. The van der Waals surface area contributed by atoms with Gasteiger partial charge < -0.3 is 24.6 Å². The maximum Gasteiger partial charge on any atom is 0.409 e. The first-order valence-corrected chi connectivity index (χ1v) is 13.6. The number of ether oxygens (including phenoxy) is 1. The third-order valence-electron chi connectivity index (χ3n) is 7.63. The summed E-state index contributed by atoms with van der Waals surface area (Å²) in [7, 11) is 3.11. The maximum atomic E-state index is 15.0. The molecule has 0 spiro atoms. The number of carbonyl (C=O) groups is 3. The van der Waals surface area contributed by atoms with E-state index in [1.807, 2.05) is 20.8 Å². The van der Waals surface area contributed by atoms with Gasteiger partial charge in [-0.15, -0.1) is 0 Å². The summed E-state index contributed by atoms with van der Waals surface area (Å²) < 4.78 is 21.9. The molecule has 1 aliphatic heterocycles. The Kier molecular flexibility index (Phi) is 9.89. The Morgan fingerprint density at radius 3 is 2.60 bits per heavy atom. The number of benzene rings is 1. The molecule has 218 valence electrons. The Balaban J connectivity index is 1.77. The lowest BCUT2D eigenvalue weighted by Gasteiger charge is -2.27. The van der Waals surface area contributed by atoms with Crippen LogP contribution in [0.4, 0.5) is 9.18 Å². The summed E-state index contributed by atoms with van der Waals surface area (Å²) in [6.07, 6.45) is 2.43. The fraction of sp³-hybridized carbons (Fsp3) is 0.533. The van der Waals surface area contributed by atoms with Crippen LogP contribution in [0.25, 0.3) is 0 Å². The van der Waals surface area contributed by atoms with Crippen molar-refractivity contribution < 1.29 is 28.6 Å². The van der Waals surface area contributed by atoms with Crippen LogP contribution in [0.3, 0.4) is 0 Å². The minimum Gasteiger partial charge on any atom is -0.449 e. The Morgan fingerprint density at radius 1 is 1.30 bits per heavy atom. The van der Waals surface area contributed by atoms with Crippen LogP contribution >= 0.6 is 0 Å². The number of fused-ring (bicyclic) bond motifs is 1. The van der Waals surface area contributed by atoms with Crippen LogP contribution in [-0.2, 0) is 24.2 Å². The molecular weight excluding hydrogens is 517 g/mol. The molecular formula is C30H40FN3O6. The predicted octanol–water partition coefficient (Wildman–Crippen LogP) is 3.89. The summed E-state index contributed by atoms with van der Waals surface area (Å²) in [6.45, 7) is 7.46. The molecule has 2 aromatic rings. The van der Waals surface area contributed by atoms with Crippen molar-refractivity contribution in [3.05, 3.63) is 68.4 Å². The molecule has 0 saturated carbocycles. The van der Waals surface area contributed by atoms with E-state index in [4.69, 9.17) is 4.74 Å². The number of ketones is 1. The topological polar surface area (TPSA) is 118 Å². The monoisotopic (exact) mass is 557 g/mol. The summed E-state index contributed by atoms with van der Waals surface area (Å²) in [5.74, 6) is -1.64. The van der Waals surface area contributed by atoms with Crippen molar-refractivity contribution in [2.24, 2.45) is 11.3 Å². The molecule has 9 nitrogen and oxygen atoms in total. The molecule has 40 heavy (non-hydrogen) atoms. The van der Waals surface area contributed by atoms with E-state index in [9.17, 15) is 28.7 Å². The van der Waals surface area contributed by atoms with Crippen molar-refractivity contribution in [2.45, 2.75) is 66.0 Å². The molecule has 1 aromatic heterocycles. The normalized spacial score (nSPS) is 17.0. The summed E-state index contributed by atoms with van der Waals surface area (Å²) in [4.78, 5) is 52.5. The third kappa shape index (κ3) is 6.78. The summed E-state index contributed by atoms with van der Waals surface area (Å²) in [6, 6.07) is 4.55. The van der Waals surface area contributed by atoms with E-state index < -0.39 is 28.7 Å². The number of amides is 2. The number of hydrogen-bond donors (Lipinski definition) is 2. The minimum absolute atomic E-state index is 0.0423. The van der Waals surface area contributed by atoms with Crippen molar-refractivity contribution in [1.82, 2.24) is 14.8 Å². The zero-order valence-electron chi connectivity index (χ0n) is 24.2. The first-order valence-electron chi connectivity index (χ1n) is 13.6. The first-order chi connectivity index (χ1) is 18.8. The lowest BCUT2D eigenvalue weighted by atomic mass is 9.85. The number of rotatable bonds is 10. The molecule has 0 fully saturated rings. The van der Waals surface area contributed by atoms with Gasteiger partial charge in [-0.25, -0.2) is 9.18 Å². The van der Waals surface area contributed by atoms with Crippen molar-refractivity contribution in [3.63, 3.8) is 0 Å². The highest BCUT2D eigenvalue weighted by atomic mass is 19.1. The predicted molar refractivity (Wildman–Crippen MR) is 149 cm³/mol. The molecule has 2 amide bonds. The van der Waals surface area contributed by atoms with Crippen LogP contribution in [-0.4, -0.2) is 59.7 Å². The highest BCUT2D eigenvalue weighted by molar-refractivity contribution is 6.00. The Hall–Kier alpha value is -3.53. The number of carbonyl (C=O) groups excluding carboxylic acids is 3. The van der Waals surface area contributed by atoms with Crippen LogP contribution < -0.4 is 10.7 Å². The first kappa shape index (κ1) is 31.0. The summed E-state index contributed by atoms with van der Waals surface area (Å²) >= 11 is 0. The Labute approximate surface area is 234 Å².